The maximum absolute atomic E-state index is 12.5. The third-order valence-electron chi connectivity index (χ3n) is 7.07. The molecule has 2 aromatic carbocycles. The fourth-order valence-corrected chi connectivity index (χ4v) is 4.60. The Bertz CT molecular complexity index is 1150. The number of ether oxygens (including phenoxy) is 5. The molecule has 43 heavy (non-hydrogen) atoms. The molecule has 1 fully saturated rings. The van der Waals surface area contributed by atoms with Crippen LogP contribution in [0.15, 0.2) is 73.3 Å². The predicted octanol–water partition coefficient (Wildman–Crippen LogP) is 7.56. The van der Waals surface area contributed by atoms with Crippen LogP contribution >= 0.6 is 0 Å². The number of hydrogen-bond acceptors (Lipinski definition) is 8. The van der Waals surface area contributed by atoms with Crippen molar-refractivity contribution in [3.8, 4) is 17.2 Å². The standard InChI is InChI=1S/C35H44O8/c1-3-33(36)41-25-13-9-8-12-24-40-30-19-21-31(22-20-30)42-35(38)28-15-17-29(18-16-28)39-23-11-7-5-4-6-10-14-32-26-27(2)34(37)43-32/h3,15-22,32H,1-2,4-14,23-26H2. The molecule has 0 radical (unpaired) electrons. The summed E-state index contributed by atoms with van der Waals surface area (Å²) in [6.07, 6.45) is 13.0. The smallest absolute Gasteiger partial charge is 0.343 e. The highest BCUT2D eigenvalue weighted by atomic mass is 16.6. The van der Waals surface area contributed by atoms with Crippen LogP contribution in [0.2, 0.25) is 0 Å². The van der Waals surface area contributed by atoms with Crippen LogP contribution in [0, 0.1) is 0 Å². The second-order valence-electron chi connectivity index (χ2n) is 10.6. The lowest BCUT2D eigenvalue weighted by molar-refractivity contribution is -0.139. The van der Waals surface area contributed by atoms with E-state index in [1.807, 2.05) is 0 Å². The molecule has 8 nitrogen and oxygen atoms in total. The van der Waals surface area contributed by atoms with Gasteiger partial charge in [-0.3, -0.25) is 0 Å². The van der Waals surface area contributed by atoms with Crippen molar-refractivity contribution < 1.29 is 38.1 Å². The molecule has 1 atom stereocenters. The lowest BCUT2D eigenvalue weighted by Crippen LogP contribution is -2.08. The van der Waals surface area contributed by atoms with Crippen LogP contribution in [0.25, 0.3) is 0 Å². The second-order valence-corrected chi connectivity index (χ2v) is 10.6. The van der Waals surface area contributed by atoms with Crippen LogP contribution < -0.4 is 14.2 Å². The Hall–Kier alpha value is -4.07. The monoisotopic (exact) mass is 592 g/mol. The predicted molar refractivity (Wildman–Crippen MR) is 164 cm³/mol. The van der Waals surface area contributed by atoms with E-state index in [1.165, 1.54) is 6.08 Å². The zero-order chi connectivity index (χ0) is 30.7. The van der Waals surface area contributed by atoms with Crippen LogP contribution in [0.4, 0.5) is 0 Å². The Labute approximate surface area is 255 Å². The lowest BCUT2D eigenvalue weighted by Gasteiger charge is -2.09. The van der Waals surface area contributed by atoms with E-state index < -0.39 is 5.97 Å². The zero-order valence-electron chi connectivity index (χ0n) is 25.1. The molecule has 8 heteroatoms. The van der Waals surface area contributed by atoms with E-state index in [2.05, 4.69) is 13.2 Å². The van der Waals surface area contributed by atoms with Gasteiger partial charge in [-0.15, -0.1) is 0 Å². The van der Waals surface area contributed by atoms with Crippen LogP contribution in [0.5, 0.6) is 17.2 Å². The molecule has 1 unspecified atom stereocenters. The van der Waals surface area contributed by atoms with Gasteiger partial charge in [-0.2, -0.15) is 0 Å². The molecule has 1 aliphatic rings. The summed E-state index contributed by atoms with van der Waals surface area (Å²) in [6.45, 7) is 8.71. The molecule has 232 valence electrons. The fourth-order valence-electron chi connectivity index (χ4n) is 4.60. The number of hydrogen-bond donors (Lipinski definition) is 0. The number of carbonyl (C=O) groups is 3. The van der Waals surface area contributed by atoms with Crippen LogP contribution in [-0.4, -0.2) is 43.8 Å². The molecule has 0 aromatic heterocycles. The first-order valence-electron chi connectivity index (χ1n) is 15.3. The Morgan fingerprint density at radius 3 is 1.81 bits per heavy atom. The van der Waals surface area contributed by atoms with Gasteiger partial charge in [0.1, 0.15) is 23.4 Å². The maximum atomic E-state index is 12.5. The Kier molecular flexibility index (Phi) is 14.9. The number of esters is 3. The fraction of sp³-hybridized carbons (Fsp3) is 0.457. The highest BCUT2D eigenvalue weighted by Crippen LogP contribution is 2.24. The van der Waals surface area contributed by atoms with E-state index in [1.54, 1.807) is 48.5 Å². The molecule has 1 heterocycles. The van der Waals surface area contributed by atoms with Gasteiger partial charge in [0.2, 0.25) is 0 Å². The number of unbranched alkanes of at least 4 members (excludes halogenated alkanes) is 8. The van der Waals surface area contributed by atoms with E-state index in [0.717, 1.165) is 76.4 Å². The molecule has 0 saturated carbocycles. The van der Waals surface area contributed by atoms with Gasteiger partial charge < -0.3 is 23.7 Å². The molecule has 0 spiro atoms. The van der Waals surface area contributed by atoms with Crippen molar-refractivity contribution in [1.82, 2.24) is 0 Å². The van der Waals surface area contributed by atoms with Crippen molar-refractivity contribution in [2.75, 3.05) is 19.8 Å². The minimum atomic E-state index is -0.435. The zero-order valence-corrected chi connectivity index (χ0v) is 25.1. The highest BCUT2D eigenvalue weighted by molar-refractivity contribution is 5.91. The molecule has 0 aliphatic carbocycles. The summed E-state index contributed by atoms with van der Waals surface area (Å²) in [5.41, 5.74) is 1.04. The molecule has 0 N–H and O–H groups in total. The number of rotatable bonds is 21. The highest BCUT2D eigenvalue weighted by Gasteiger charge is 2.26. The molecular weight excluding hydrogens is 548 g/mol. The molecule has 0 amide bonds. The maximum Gasteiger partial charge on any atom is 0.343 e. The minimum Gasteiger partial charge on any atom is -0.494 e. The molecule has 1 saturated heterocycles. The number of carbonyl (C=O) groups excluding carboxylic acids is 3. The molecule has 3 rings (SSSR count). The van der Waals surface area contributed by atoms with Gasteiger partial charge >= 0.3 is 17.9 Å². The van der Waals surface area contributed by atoms with Crippen molar-refractivity contribution in [2.24, 2.45) is 0 Å². The topological polar surface area (TPSA) is 97.4 Å². The van der Waals surface area contributed by atoms with E-state index in [-0.39, 0.29) is 18.0 Å². The molecular formula is C35H44O8. The quantitative estimate of drug-likeness (QED) is 0.0634. The minimum absolute atomic E-state index is 0.0239. The van der Waals surface area contributed by atoms with E-state index >= 15 is 0 Å². The summed E-state index contributed by atoms with van der Waals surface area (Å²) in [5, 5.41) is 0. The normalized spacial score (nSPS) is 14.2. The number of benzene rings is 2. The van der Waals surface area contributed by atoms with Crippen molar-refractivity contribution in [2.45, 2.75) is 83.2 Å². The van der Waals surface area contributed by atoms with Gasteiger partial charge in [0.15, 0.2) is 0 Å². The largest absolute Gasteiger partial charge is 0.494 e. The average Bonchev–Trinajstić information content (AvgIpc) is 3.34. The van der Waals surface area contributed by atoms with Crippen molar-refractivity contribution in [3.63, 3.8) is 0 Å². The van der Waals surface area contributed by atoms with E-state index in [0.29, 0.717) is 48.9 Å². The lowest BCUT2D eigenvalue weighted by atomic mass is 10.0. The van der Waals surface area contributed by atoms with Gasteiger partial charge in [-0.1, -0.05) is 38.8 Å². The van der Waals surface area contributed by atoms with Crippen molar-refractivity contribution in [3.05, 3.63) is 78.9 Å². The van der Waals surface area contributed by atoms with Gasteiger partial charge in [0.25, 0.3) is 0 Å². The SMILES string of the molecule is C=CC(=O)OCCCCCCOc1ccc(OC(=O)c2ccc(OCCCCCCCCC3CC(=C)C(=O)O3)cc2)cc1. The average molecular weight is 593 g/mol. The van der Waals surface area contributed by atoms with Gasteiger partial charge in [-0.05, 0) is 93.5 Å². The van der Waals surface area contributed by atoms with E-state index in [9.17, 15) is 14.4 Å². The third-order valence-corrected chi connectivity index (χ3v) is 7.07. The Morgan fingerprint density at radius 2 is 1.26 bits per heavy atom. The Balaban J connectivity index is 1.21. The summed E-state index contributed by atoms with van der Waals surface area (Å²) in [7, 11) is 0. The first-order chi connectivity index (χ1) is 20.9. The van der Waals surface area contributed by atoms with Crippen LogP contribution in [0.3, 0.4) is 0 Å². The summed E-state index contributed by atoms with van der Waals surface area (Å²) in [5.74, 6) is 0.815. The molecule has 2 aromatic rings. The van der Waals surface area contributed by atoms with Crippen LogP contribution in [-0.2, 0) is 19.1 Å². The number of cyclic esters (lactones) is 1. The summed E-state index contributed by atoms with van der Waals surface area (Å²) >= 11 is 0. The van der Waals surface area contributed by atoms with Crippen molar-refractivity contribution >= 4 is 17.9 Å². The summed E-state index contributed by atoms with van der Waals surface area (Å²) < 4.78 is 27.3. The van der Waals surface area contributed by atoms with Gasteiger partial charge in [-0.25, -0.2) is 14.4 Å². The van der Waals surface area contributed by atoms with Gasteiger partial charge in [0.05, 0.1) is 25.4 Å². The van der Waals surface area contributed by atoms with Gasteiger partial charge in [0, 0.05) is 18.1 Å². The summed E-state index contributed by atoms with van der Waals surface area (Å²) in [6, 6.07) is 14.0. The Morgan fingerprint density at radius 1 is 0.744 bits per heavy atom. The van der Waals surface area contributed by atoms with Crippen molar-refractivity contribution in [1.29, 1.82) is 0 Å². The molecule has 1 aliphatic heterocycles. The second kappa shape index (κ2) is 19.2. The first-order valence-corrected chi connectivity index (χ1v) is 15.3. The third kappa shape index (κ3) is 13.2. The first kappa shape index (κ1) is 33.4. The van der Waals surface area contributed by atoms with Crippen LogP contribution in [0.1, 0.15) is 87.4 Å². The molecule has 0 bridgehead atoms. The van der Waals surface area contributed by atoms with E-state index in [4.69, 9.17) is 23.7 Å². The summed E-state index contributed by atoms with van der Waals surface area (Å²) in [4.78, 5) is 34.9.